The molecule has 1 aromatic carbocycles. The van der Waals surface area contributed by atoms with Gasteiger partial charge in [0.2, 0.25) is 0 Å². The van der Waals surface area contributed by atoms with Gasteiger partial charge in [0, 0.05) is 24.3 Å². The predicted octanol–water partition coefficient (Wildman–Crippen LogP) is 2.67. The highest BCUT2D eigenvalue weighted by molar-refractivity contribution is 5.70. The maximum absolute atomic E-state index is 4.05. The van der Waals surface area contributed by atoms with E-state index in [1.807, 2.05) is 18.6 Å². The molecule has 14 heavy (non-hydrogen) atoms. The lowest BCUT2D eigenvalue weighted by molar-refractivity contribution is 1.10. The van der Waals surface area contributed by atoms with Crippen LogP contribution in [-0.4, -0.2) is 12.8 Å². The number of hydrogen-bond donors (Lipinski definition) is 0. The number of aliphatic imine (C=N–C) groups is 1. The highest BCUT2D eigenvalue weighted by Crippen LogP contribution is 2.19. The molecule has 1 aliphatic heterocycles. The van der Waals surface area contributed by atoms with Crippen LogP contribution >= 0.6 is 0 Å². The number of hydrogen-bond acceptors (Lipinski definition) is 2. The number of anilines is 1. The van der Waals surface area contributed by atoms with Crippen molar-refractivity contribution in [3.05, 3.63) is 41.7 Å². The quantitative estimate of drug-likeness (QED) is 0.658. The first-order valence-corrected chi connectivity index (χ1v) is 4.79. The second-order valence-electron chi connectivity index (χ2n) is 3.63. The van der Waals surface area contributed by atoms with Gasteiger partial charge in [-0.1, -0.05) is 6.07 Å². The fourth-order valence-corrected chi connectivity index (χ4v) is 1.68. The minimum absolute atomic E-state index is 0.861. The molecule has 0 saturated heterocycles. The van der Waals surface area contributed by atoms with Crippen LogP contribution in [0.1, 0.15) is 11.1 Å². The van der Waals surface area contributed by atoms with Gasteiger partial charge in [0.05, 0.1) is 6.54 Å². The molecule has 0 atom stereocenters. The molecule has 72 valence electrons. The SMILES string of the molecule is Cc1cc(C)cc(N2C=CN=CC2)c1. The largest absolute Gasteiger partial charge is 0.341 e. The van der Waals surface area contributed by atoms with Gasteiger partial charge in [-0.3, -0.25) is 4.99 Å². The highest BCUT2D eigenvalue weighted by atomic mass is 15.1. The lowest BCUT2D eigenvalue weighted by atomic mass is 10.1. The second kappa shape index (κ2) is 3.66. The molecular formula is C12H14N2. The molecule has 2 rings (SSSR count). The van der Waals surface area contributed by atoms with E-state index in [9.17, 15) is 0 Å². The maximum Gasteiger partial charge on any atom is 0.0579 e. The molecule has 0 radical (unpaired) electrons. The normalized spacial score (nSPS) is 14.9. The minimum Gasteiger partial charge on any atom is -0.341 e. The molecule has 0 spiro atoms. The molecule has 0 amide bonds. The average molecular weight is 186 g/mol. The Morgan fingerprint density at radius 1 is 1.14 bits per heavy atom. The lowest BCUT2D eigenvalue weighted by Crippen LogP contribution is -2.20. The van der Waals surface area contributed by atoms with Crippen molar-refractivity contribution in [1.82, 2.24) is 0 Å². The van der Waals surface area contributed by atoms with Crippen LogP contribution in [0.4, 0.5) is 5.69 Å². The number of nitrogens with zero attached hydrogens (tertiary/aromatic N) is 2. The molecule has 1 heterocycles. The molecule has 2 nitrogen and oxygen atoms in total. The zero-order valence-electron chi connectivity index (χ0n) is 8.57. The summed E-state index contributed by atoms with van der Waals surface area (Å²) >= 11 is 0. The van der Waals surface area contributed by atoms with E-state index in [1.165, 1.54) is 16.8 Å². The van der Waals surface area contributed by atoms with Gasteiger partial charge in [0.25, 0.3) is 0 Å². The second-order valence-corrected chi connectivity index (χ2v) is 3.63. The molecule has 2 heteroatoms. The standard InChI is InChI=1S/C12H14N2/c1-10-7-11(2)9-12(8-10)14-5-3-13-4-6-14/h3-5,7-9H,6H2,1-2H3. The van der Waals surface area contributed by atoms with Crippen LogP contribution < -0.4 is 4.90 Å². The maximum atomic E-state index is 4.05. The first-order valence-electron chi connectivity index (χ1n) is 4.79. The van der Waals surface area contributed by atoms with E-state index < -0.39 is 0 Å². The summed E-state index contributed by atoms with van der Waals surface area (Å²) in [5.41, 5.74) is 3.84. The number of rotatable bonds is 1. The summed E-state index contributed by atoms with van der Waals surface area (Å²) in [5, 5.41) is 0. The topological polar surface area (TPSA) is 15.6 Å². The fraction of sp³-hybridized carbons (Fsp3) is 0.250. The predicted molar refractivity (Wildman–Crippen MR) is 60.9 cm³/mol. The Labute approximate surface area is 84.6 Å². The third-order valence-electron chi connectivity index (χ3n) is 2.25. The smallest absolute Gasteiger partial charge is 0.0579 e. The zero-order chi connectivity index (χ0) is 9.97. The van der Waals surface area contributed by atoms with Crippen molar-refractivity contribution in [1.29, 1.82) is 0 Å². The monoisotopic (exact) mass is 186 g/mol. The summed E-state index contributed by atoms with van der Waals surface area (Å²) in [6.45, 7) is 5.11. The van der Waals surface area contributed by atoms with Crippen molar-refractivity contribution in [2.45, 2.75) is 13.8 Å². The summed E-state index contributed by atoms with van der Waals surface area (Å²) < 4.78 is 0. The van der Waals surface area contributed by atoms with Gasteiger partial charge in [-0.25, -0.2) is 0 Å². The Kier molecular flexibility index (Phi) is 2.35. The van der Waals surface area contributed by atoms with Crippen LogP contribution in [0.15, 0.2) is 35.6 Å². The molecule has 0 aromatic heterocycles. The molecule has 0 fully saturated rings. The zero-order valence-corrected chi connectivity index (χ0v) is 8.57. The Balaban J connectivity index is 2.32. The van der Waals surface area contributed by atoms with E-state index >= 15 is 0 Å². The first-order chi connectivity index (χ1) is 6.75. The molecule has 0 saturated carbocycles. The van der Waals surface area contributed by atoms with Crippen molar-refractivity contribution in [3.63, 3.8) is 0 Å². The third-order valence-corrected chi connectivity index (χ3v) is 2.25. The summed E-state index contributed by atoms with van der Waals surface area (Å²) in [5.74, 6) is 0. The molecule has 0 unspecified atom stereocenters. The Bertz CT molecular complexity index is 371. The lowest BCUT2D eigenvalue weighted by Gasteiger charge is -2.20. The van der Waals surface area contributed by atoms with Crippen molar-refractivity contribution >= 4 is 11.9 Å². The molecule has 0 aliphatic carbocycles. The molecule has 1 aromatic rings. The first kappa shape index (κ1) is 9.00. The van der Waals surface area contributed by atoms with Gasteiger partial charge in [0.1, 0.15) is 0 Å². The van der Waals surface area contributed by atoms with Crippen LogP contribution in [0.2, 0.25) is 0 Å². The van der Waals surface area contributed by atoms with Crippen LogP contribution in [0.5, 0.6) is 0 Å². The van der Waals surface area contributed by atoms with E-state index in [1.54, 1.807) is 0 Å². The average Bonchev–Trinajstić information content (AvgIpc) is 2.18. The highest BCUT2D eigenvalue weighted by Gasteiger charge is 2.04. The van der Waals surface area contributed by atoms with E-state index in [0.717, 1.165) is 6.54 Å². The summed E-state index contributed by atoms with van der Waals surface area (Å²) in [6, 6.07) is 6.57. The third kappa shape index (κ3) is 1.84. The fourth-order valence-electron chi connectivity index (χ4n) is 1.68. The van der Waals surface area contributed by atoms with Gasteiger partial charge in [-0.15, -0.1) is 0 Å². The van der Waals surface area contributed by atoms with Crippen molar-refractivity contribution in [2.24, 2.45) is 4.99 Å². The molecule has 0 N–H and O–H groups in total. The van der Waals surface area contributed by atoms with Gasteiger partial charge in [-0.05, 0) is 37.1 Å². The van der Waals surface area contributed by atoms with E-state index in [-0.39, 0.29) is 0 Å². The van der Waals surface area contributed by atoms with Crippen molar-refractivity contribution in [3.8, 4) is 0 Å². The van der Waals surface area contributed by atoms with Crippen LogP contribution in [0.25, 0.3) is 0 Å². The molecule has 0 bridgehead atoms. The van der Waals surface area contributed by atoms with Gasteiger partial charge in [-0.2, -0.15) is 0 Å². The molecular weight excluding hydrogens is 172 g/mol. The number of benzene rings is 1. The number of aryl methyl sites for hydroxylation is 2. The van der Waals surface area contributed by atoms with E-state index in [0.29, 0.717) is 0 Å². The van der Waals surface area contributed by atoms with Gasteiger partial charge < -0.3 is 4.90 Å². The van der Waals surface area contributed by atoms with E-state index in [4.69, 9.17) is 0 Å². The Morgan fingerprint density at radius 3 is 2.43 bits per heavy atom. The minimum atomic E-state index is 0.861. The van der Waals surface area contributed by atoms with Crippen LogP contribution in [-0.2, 0) is 0 Å². The Hall–Kier alpha value is -1.57. The molecule has 1 aliphatic rings. The van der Waals surface area contributed by atoms with Crippen molar-refractivity contribution < 1.29 is 0 Å². The van der Waals surface area contributed by atoms with E-state index in [2.05, 4.69) is 41.9 Å². The van der Waals surface area contributed by atoms with Gasteiger partial charge in [0.15, 0.2) is 0 Å². The summed E-state index contributed by atoms with van der Waals surface area (Å²) in [4.78, 5) is 6.24. The van der Waals surface area contributed by atoms with Crippen LogP contribution in [0.3, 0.4) is 0 Å². The summed E-state index contributed by atoms with van der Waals surface area (Å²) in [7, 11) is 0. The summed E-state index contributed by atoms with van der Waals surface area (Å²) in [6.07, 6.45) is 5.74. The Morgan fingerprint density at radius 2 is 1.86 bits per heavy atom. The van der Waals surface area contributed by atoms with Crippen LogP contribution in [0, 0.1) is 13.8 Å². The van der Waals surface area contributed by atoms with Crippen molar-refractivity contribution in [2.75, 3.05) is 11.4 Å². The van der Waals surface area contributed by atoms with Gasteiger partial charge >= 0.3 is 0 Å².